The van der Waals surface area contributed by atoms with Gasteiger partial charge in [0, 0.05) is 29.3 Å². The van der Waals surface area contributed by atoms with Crippen molar-refractivity contribution in [2.45, 2.75) is 12.5 Å². The van der Waals surface area contributed by atoms with E-state index in [1.165, 1.54) is 6.07 Å². The molecular formula is C13H15BrFN3. The first-order valence-electron chi connectivity index (χ1n) is 5.70. The van der Waals surface area contributed by atoms with Crippen molar-refractivity contribution in [2.24, 2.45) is 7.05 Å². The van der Waals surface area contributed by atoms with E-state index >= 15 is 0 Å². The molecule has 0 aliphatic heterocycles. The highest BCUT2D eigenvalue weighted by Crippen LogP contribution is 2.24. The fourth-order valence-corrected chi connectivity index (χ4v) is 2.33. The summed E-state index contributed by atoms with van der Waals surface area (Å²) in [5.41, 5.74) is 2.04. The molecule has 5 heteroatoms. The zero-order chi connectivity index (χ0) is 13.1. The molecule has 1 N–H and O–H groups in total. The number of aromatic nitrogens is 2. The first-order valence-corrected chi connectivity index (χ1v) is 6.49. The van der Waals surface area contributed by atoms with Gasteiger partial charge in [0.05, 0.1) is 6.20 Å². The lowest BCUT2D eigenvalue weighted by Gasteiger charge is -2.15. The SMILES string of the molecule is CNC(Cc1cc(F)ccc1Br)c1cnn(C)c1. The van der Waals surface area contributed by atoms with E-state index in [1.54, 1.807) is 16.8 Å². The second-order valence-corrected chi connectivity index (χ2v) is 5.08. The van der Waals surface area contributed by atoms with Gasteiger partial charge in [0.15, 0.2) is 0 Å². The van der Waals surface area contributed by atoms with Gasteiger partial charge in [-0.15, -0.1) is 0 Å². The smallest absolute Gasteiger partial charge is 0.123 e. The van der Waals surface area contributed by atoms with E-state index < -0.39 is 0 Å². The predicted octanol–water partition coefficient (Wildman–Crippen LogP) is 2.82. The molecule has 2 aromatic rings. The Morgan fingerprint density at radius 3 is 2.89 bits per heavy atom. The molecule has 3 nitrogen and oxygen atoms in total. The van der Waals surface area contributed by atoms with Crippen molar-refractivity contribution in [1.82, 2.24) is 15.1 Å². The van der Waals surface area contributed by atoms with Gasteiger partial charge in [-0.25, -0.2) is 4.39 Å². The fraction of sp³-hybridized carbons (Fsp3) is 0.308. The number of hydrogen-bond donors (Lipinski definition) is 1. The summed E-state index contributed by atoms with van der Waals surface area (Å²) in [6.07, 6.45) is 4.50. The molecule has 1 unspecified atom stereocenters. The summed E-state index contributed by atoms with van der Waals surface area (Å²) in [7, 11) is 3.78. The summed E-state index contributed by atoms with van der Waals surface area (Å²) in [4.78, 5) is 0. The highest BCUT2D eigenvalue weighted by molar-refractivity contribution is 9.10. The minimum absolute atomic E-state index is 0.122. The summed E-state index contributed by atoms with van der Waals surface area (Å²) in [5.74, 6) is -0.214. The summed E-state index contributed by atoms with van der Waals surface area (Å²) in [6, 6.07) is 4.87. The number of benzene rings is 1. The van der Waals surface area contributed by atoms with Crippen molar-refractivity contribution < 1.29 is 4.39 Å². The monoisotopic (exact) mass is 311 g/mol. The Bertz CT molecular complexity index is 539. The number of nitrogens with one attached hydrogen (secondary N) is 1. The summed E-state index contributed by atoms with van der Waals surface area (Å²) in [5, 5.41) is 7.39. The Hall–Kier alpha value is -1.20. The highest BCUT2D eigenvalue weighted by Gasteiger charge is 2.14. The van der Waals surface area contributed by atoms with Crippen LogP contribution in [0.2, 0.25) is 0 Å². The second-order valence-electron chi connectivity index (χ2n) is 4.23. The van der Waals surface area contributed by atoms with Crippen molar-refractivity contribution in [3.63, 3.8) is 0 Å². The lowest BCUT2D eigenvalue weighted by Crippen LogP contribution is -2.18. The molecular weight excluding hydrogens is 297 g/mol. The Balaban J connectivity index is 2.22. The lowest BCUT2D eigenvalue weighted by molar-refractivity contribution is 0.582. The van der Waals surface area contributed by atoms with E-state index in [0.29, 0.717) is 6.42 Å². The molecule has 96 valence electrons. The average molecular weight is 312 g/mol. The van der Waals surface area contributed by atoms with Crippen LogP contribution in [-0.2, 0) is 13.5 Å². The molecule has 0 saturated heterocycles. The van der Waals surface area contributed by atoms with Crippen LogP contribution in [0, 0.1) is 5.82 Å². The van der Waals surface area contributed by atoms with Crippen LogP contribution in [-0.4, -0.2) is 16.8 Å². The van der Waals surface area contributed by atoms with Crippen LogP contribution in [0.25, 0.3) is 0 Å². The van der Waals surface area contributed by atoms with Crippen LogP contribution in [0.4, 0.5) is 4.39 Å². The van der Waals surface area contributed by atoms with E-state index in [1.807, 2.05) is 26.5 Å². The Kier molecular flexibility index (Phi) is 4.14. The standard InChI is InChI=1S/C13H15BrFN3/c1-16-13(10-7-17-18(2)8-10)6-9-5-11(15)3-4-12(9)14/h3-5,7-8,13,16H,6H2,1-2H3. The molecule has 2 rings (SSSR count). The minimum Gasteiger partial charge on any atom is -0.313 e. The van der Waals surface area contributed by atoms with Gasteiger partial charge in [-0.05, 0) is 37.2 Å². The summed E-state index contributed by atoms with van der Waals surface area (Å²) >= 11 is 3.45. The maximum Gasteiger partial charge on any atom is 0.123 e. The van der Waals surface area contributed by atoms with Gasteiger partial charge in [-0.2, -0.15) is 5.10 Å². The second kappa shape index (κ2) is 5.63. The van der Waals surface area contributed by atoms with E-state index in [0.717, 1.165) is 15.6 Å². The van der Waals surface area contributed by atoms with Gasteiger partial charge in [0.1, 0.15) is 5.82 Å². The highest BCUT2D eigenvalue weighted by atomic mass is 79.9. The van der Waals surface area contributed by atoms with Crippen LogP contribution in [0.3, 0.4) is 0 Å². The molecule has 1 aromatic heterocycles. The molecule has 1 heterocycles. The predicted molar refractivity (Wildman–Crippen MR) is 72.8 cm³/mol. The third-order valence-electron chi connectivity index (χ3n) is 2.91. The van der Waals surface area contributed by atoms with Crippen LogP contribution in [0.1, 0.15) is 17.2 Å². The van der Waals surface area contributed by atoms with Crippen LogP contribution in [0.5, 0.6) is 0 Å². The largest absolute Gasteiger partial charge is 0.313 e. The Morgan fingerprint density at radius 2 is 2.28 bits per heavy atom. The summed E-state index contributed by atoms with van der Waals surface area (Å²) < 4.78 is 15.9. The average Bonchev–Trinajstić information content (AvgIpc) is 2.77. The number of likely N-dealkylation sites (N-methyl/N-ethyl adjacent to an activating group) is 1. The van der Waals surface area contributed by atoms with Crippen molar-refractivity contribution in [3.05, 3.63) is 52.0 Å². The number of aryl methyl sites for hydroxylation is 1. The van der Waals surface area contributed by atoms with E-state index in [4.69, 9.17) is 0 Å². The molecule has 0 aliphatic rings. The maximum atomic E-state index is 13.3. The third kappa shape index (κ3) is 2.97. The number of halogens is 2. The maximum absolute atomic E-state index is 13.3. The zero-order valence-electron chi connectivity index (χ0n) is 10.3. The first kappa shape index (κ1) is 13.2. The first-order chi connectivity index (χ1) is 8.60. The molecule has 0 radical (unpaired) electrons. The molecule has 0 aliphatic carbocycles. The van der Waals surface area contributed by atoms with E-state index in [9.17, 15) is 4.39 Å². The molecule has 0 amide bonds. The third-order valence-corrected chi connectivity index (χ3v) is 3.68. The van der Waals surface area contributed by atoms with Crippen LogP contribution < -0.4 is 5.32 Å². The topological polar surface area (TPSA) is 29.9 Å². The van der Waals surface area contributed by atoms with Crippen molar-refractivity contribution in [3.8, 4) is 0 Å². The molecule has 0 saturated carbocycles. The molecule has 0 spiro atoms. The van der Waals surface area contributed by atoms with Crippen molar-refractivity contribution >= 4 is 15.9 Å². The molecule has 1 atom stereocenters. The van der Waals surface area contributed by atoms with Gasteiger partial charge in [-0.3, -0.25) is 4.68 Å². The molecule has 0 fully saturated rings. The minimum atomic E-state index is -0.214. The van der Waals surface area contributed by atoms with Gasteiger partial charge in [0.2, 0.25) is 0 Å². The number of hydrogen-bond acceptors (Lipinski definition) is 2. The van der Waals surface area contributed by atoms with Gasteiger partial charge in [0.25, 0.3) is 0 Å². The van der Waals surface area contributed by atoms with Crippen LogP contribution >= 0.6 is 15.9 Å². The van der Waals surface area contributed by atoms with E-state index in [2.05, 4.69) is 26.3 Å². The number of nitrogens with zero attached hydrogens (tertiary/aromatic N) is 2. The fourth-order valence-electron chi connectivity index (χ4n) is 1.93. The van der Waals surface area contributed by atoms with Gasteiger partial charge in [-0.1, -0.05) is 15.9 Å². The summed E-state index contributed by atoms with van der Waals surface area (Å²) in [6.45, 7) is 0. The zero-order valence-corrected chi connectivity index (χ0v) is 11.9. The van der Waals surface area contributed by atoms with Crippen molar-refractivity contribution in [1.29, 1.82) is 0 Å². The van der Waals surface area contributed by atoms with E-state index in [-0.39, 0.29) is 11.9 Å². The lowest BCUT2D eigenvalue weighted by atomic mass is 10.0. The Labute approximate surface area is 114 Å². The normalized spacial score (nSPS) is 12.7. The van der Waals surface area contributed by atoms with Crippen LogP contribution in [0.15, 0.2) is 35.1 Å². The van der Waals surface area contributed by atoms with Gasteiger partial charge < -0.3 is 5.32 Å². The quantitative estimate of drug-likeness (QED) is 0.941. The van der Waals surface area contributed by atoms with Crippen molar-refractivity contribution in [2.75, 3.05) is 7.05 Å². The molecule has 18 heavy (non-hydrogen) atoms. The number of rotatable bonds is 4. The van der Waals surface area contributed by atoms with Gasteiger partial charge >= 0.3 is 0 Å². The Morgan fingerprint density at radius 1 is 1.50 bits per heavy atom. The molecule has 0 bridgehead atoms. The molecule has 1 aromatic carbocycles.